The summed E-state index contributed by atoms with van der Waals surface area (Å²) in [7, 11) is -8.59. The molecule has 0 spiro atoms. The molecule has 0 radical (unpaired) electrons. The Morgan fingerprint density at radius 2 is 1.46 bits per heavy atom. The minimum absolute atomic E-state index is 0.259. The number of benzene rings is 1. The van der Waals surface area contributed by atoms with Gasteiger partial charge in [-0.25, -0.2) is 4.98 Å². The number of aromatic nitrogens is 1. The Labute approximate surface area is 299 Å². The van der Waals surface area contributed by atoms with E-state index in [0.29, 0.717) is 17.0 Å². The molecule has 0 bridgehead atoms. The first-order chi connectivity index (χ1) is 21.9. The van der Waals surface area contributed by atoms with Crippen LogP contribution in [0.4, 0.5) is 4.39 Å². The first-order valence-corrected chi connectivity index (χ1v) is 31.3. The number of rotatable bonds is 13. The summed E-state index contributed by atoms with van der Waals surface area (Å²) in [4.78, 5) is 5.84. The van der Waals surface area contributed by atoms with Crippen molar-refractivity contribution in [1.82, 2.24) is 4.98 Å². The predicted molar refractivity (Wildman–Crippen MR) is 204 cm³/mol. The standard InChI is InChI=1S/C34H53ClFNO6SSi4/c1-45(2,3)39-22-28-31(41-46(4,5)6)32(42-47(7,8)9)33(43-48(10,11)12)34(38,40-28)25-14-16-27(35)24(19-25)20-26-15-17-29(44-26)23-13-18-30(36)37-21-23/h13-19,21,28,31-33,38H,20,22H2,1-12H3/t28?,31-,32+,33-,34?/m1/s1. The molecule has 266 valence electrons. The van der Waals surface area contributed by atoms with Crippen LogP contribution in [0.2, 0.25) is 83.6 Å². The summed E-state index contributed by atoms with van der Waals surface area (Å²) in [6.07, 6.45) is -0.521. The monoisotopic (exact) mass is 769 g/mol. The fraction of sp³-hybridized carbons (Fsp3) is 0.559. The summed E-state index contributed by atoms with van der Waals surface area (Å²) in [6.45, 7) is 25.9. The summed E-state index contributed by atoms with van der Waals surface area (Å²) in [5, 5.41) is 13.5. The second-order valence-corrected chi connectivity index (χ2v) is 35.9. The van der Waals surface area contributed by atoms with E-state index in [1.54, 1.807) is 17.4 Å². The van der Waals surface area contributed by atoms with Crippen molar-refractivity contribution >= 4 is 56.2 Å². The zero-order chi connectivity index (χ0) is 35.9. The van der Waals surface area contributed by atoms with Crippen molar-refractivity contribution in [3.63, 3.8) is 0 Å². The van der Waals surface area contributed by atoms with Crippen LogP contribution in [-0.4, -0.2) is 74.4 Å². The lowest BCUT2D eigenvalue weighted by atomic mass is 9.87. The average Bonchev–Trinajstić information content (AvgIpc) is 3.39. The number of pyridine rings is 1. The van der Waals surface area contributed by atoms with E-state index in [1.165, 1.54) is 12.3 Å². The minimum atomic E-state index is -2.29. The topological polar surface area (TPSA) is 79.3 Å². The van der Waals surface area contributed by atoms with Crippen LogP contribution >= 0.6 is 22.9 Å². The lowest BCUT2D eigenvalue weighted by Crippen LogP contribution is -2.69. The normalized spacial score (nSPS) is 24.2. The Bertz CT molecular complexity index is 1540. The van der Waals surface area contributed by atoms with Crippen molar-refractivity contribution < 1.29 is 31.9 Å². The smallest absolute Gasteiger partial charge is 0.221 e. The number of ether oxygens (including phenoxy) is 1. The van der Waals surface area contributed by atoms with E-state index >= 15 is 0 Å². The summed E-state index contributed by atoms with van der Waals surface area (Å²) in [6, 6.07) is 12.7. The van der Waals surface area contributed by atoms with E-state index in [-0.39, 0.29) is 6.61 Å². The molecule has 2 aromatic heterocycles. The Hall–Kier alpha value is -1.08. The van der Waals surface area contributed by atoms with E-state index in [2.05, 4.69) is 83.5 Å². The number of aliphatic hydroxyl groups is 1. The number of halogens is 2. The molecule has 5 atom stereocenters. The molecule has 3 heterocycles. The van der Waals surface area contributed by atoms with E-state index in [1.807, 2.05) is 30.3 Å². The quantitative estimate of drug-likeness (QED) is 0.137. The van der Waals surface area contributed by atoms with Crippen LogP contribution < -0.4 is 0 Å². The number of hydrogen-bond acceptors (Lipinski definition) is 8. The lowest BCUT2D eigenvalue weighted by molar-refractivity contribution is -0.348. The summed E-state index contributed by atoms with van der Waals surface area (Å²) in [5.41, 5.74) is 2.22. The molecular formula is C34H53ClFNO6SSi4. The highest BCUT2D eigenvalue weighted by atomic mass is 35.5. The molecule has 1 saturated heterocycles. The largest absolute Gasteiger partial charge is 0.415 e. The summed E-state index contributed by atoms with van der Waals surface area (Å²) in [5.74, 6) is -2.39. The molecule has 0 saturated carbocycles. The fourth-order valence-electron chi connectivity index (χ4n) is 5.55. The first-order valence-electron chi connectivity index (χ1n) is 16.5. The third-order valence-corrected chi connectivity index (χ3v) is 12.8. The lowest BCUT2D eigenvalue weighted by Gasteiger charge is -2.54. The van der Waals surface area contributed by atoms with Gasteiger partial charge in [-0.3, -0.25) is 0 Å². The van der Waals surface area contributed by atoms with Gasteiger partial charge >= 0.3 is 0 Å². The van der Waals surface area contributed by atoms with E-state index in [9.17, 15) is 9.50 Å². The first kappa shape index (κ1) is 39.7. The van der Waals surface area contributed by atoms with Crippen molar-refractivity contribution in [2.75, 3.05) is 6.61 Å². The maximum absolute atomic E-state index is 13.4. The number of nitrogens with zero attached hydrogens (tertiary/aromatic N) is 1. The number of thiophene rings is 1. The zero-order valence-electron chi connectivity index (χ0n) is 30.4. The van der Waals surface area contributed by atoms with Gasteiger partial charge in [0, 0.05) is 38.5 Å². The zero-order valence-corrected chi connectivity index (χ0v) is 36.0. The molecule has 7 nitrogen and oxygen atoms in total. The van der Waals surface area contributed by atoms with Gasteiger partial charge in [0.1, 0.15) is 24.4 Å². The highest BCUT2D eigenvalue weighted by Gasteiger charge is 2.59. The van der Waals surface area contributed by atoms with E-state index in [0.717, 1.165) is 20.9 Å². The van der Waals surface area contributed by atoms with Crippen molar-refractivity contribution in [3.8, 4) is 10.4 Å². The summed E-state index contributed by atoms with van der Waals surface area (Å²) >= 11 is 8.40. The van der Waals surface area contributed by atoms with Gasteiger partial charge in [0.15, 0.2) is 33.3 Å². The Morgan fingerprint density at radius 1 is 0.833 bits per heavy atom. The van der Waals surface area contributed by atoms with Gasteiger partial charge in [0.2, 0.25) is 11.7 Å². The molecule has 1 fully saturated rings. The van der Waals surface area contributed by atoms with Crippen LogP contribution in [-0.2, 0) is 34.6 Å². The fourth-order valence-corrected chi connectivity index (χ4v) is 10.7. The van der Waals surface area contributed by atoms with E-state index < -0.39 is 69.4 Å². The van der Waals surface area contributed by atoms with Gasteiger partial charge in [-0.05, 0) is 121 Å². The molecule has 2 unspecified atom stereocenters. The van der Waals surface area contributed by atoms with Crippen molar-refractivity contribution in [1.29, 1.82) is 0 Å². The van der Waals surface area contributed by atoms with Crippen LogP contribution in [0.25, 0.3) is 10.4 Å². The third-order valence-electron chi connectivity index (χ3n) is 7.34. The molecular weight excluding hydrogens is 717 g/mol. The minimum Gasteiger partial charge on any atom is -0.415 e. The second kappa shape index (κ2) is 14.9. The molecule has 48 heavy (non-hydrogen) atoms. The third kappa shape index (κ3) is 11.0. The molecule has 1 aliphatic rings. The Balaban J connectivity index is 1.81. The van der Waals surface area contributed by atoms with Crippen molar-refractivity contribution in [2.45, 2.75) is 115 Å². The van der Waals surface area contributed by atoms with Gasteiger partial charge in [-0.2, -0.15) is 4.39 Å². The van der Waals surface area contributed by atoms with Crippen LogP contribution in [0.3, 0.4) is 0 Å². The molecule has 0 aliphatic carbocycles. The van der Waals surface area contributed by atoms with E-state index in [4.69, 9.17) is 34.0 Å². The molecule has 1 aromatic carbocycles. The Kier molecular flexibility index (Phi) is 12.3. The van der Waals surface area contributed by atoms with Gasteiger partial charge < -0.3 is 27.5 Å². The SMILES string of the molecule is C[Si](C)(C)OCC1OC(O)(c2ccc(Cl)c(Cc3ccc(-c4ccc(F)nc4)s3)c2)[C@H](O[Si](C)(C)C)[C@@H](O[Si](C)(C)C)[C@@H]1O[Si](C)(C)C. The maximum atomic E-state index is 13.4. The van der Waals surface area contributed by atoms with Crippen LogP contribution in [0, 0.1) is 5.95 Å². The second-order valence-electron chi connectivity index (χ2n) is 16.4. The van der Waals surface area contributed by atoms with Crippen molar-refractivity contribution in [3.05, 3.63) is 75.6 Å². The Morgan fingerprint density at radius 3 is 2.02 bits per heavy atom. The highest BCUT2D eigenvalue weighted by molar-refractivity contribution is 7.15. The van der Waals surface area contributed by atoms with Crippen LogP contribution in [0.5, 0.6) is 0 Å². The van der Waals surface area contributed by atoms with Gasteiger partial charge in [-0.1, -0.05) is 17.7 Å². The number of hydrogen-bond donors (Lipinski definition) is 1. The van der Waals surface area contributed by atoms with Crippen molar-refractivity contribution in [2.24, 2.45) is 0 Å². The predicted octanol–water partition coefficient (Wildman–Crippen LogP) is 9.25. The summed E-state index contributed by atoms with van der Waals surface area (Å²) < 4.78 is 47.5. The van der Waals surface area contributed by atoms with Crippen LogP contribution in [0.1, 0.15) is 16.0 Å². The molecule has 3 aromatic rings. The van der Waals surface area contributed by atoms with Gasteiger partial charge in [0.05, 0.1) is 6.61 Å². The average molecular weight is 771 g/mol. The van der Waals surface area contributed by atoms with Gasteiger partial charge in [-0.15, -0.1) is 11.3 Å². The molecule has 4 rings (SSSR count). The van der Waals surface area contributed by atoms with Gasteiger partial charge in [0.25, 0.3) is 0 Å². The molecule has 1 aliphatic heterocycles. The molecule has 1 N–H and O–H groups in total. The van der Waals surface area contributed by atoms with Crippen LogP contribution in [0.15, 0.2) is 48.7 Å². The maximum Gasteiger partial charge on any atom is 0.221 e. The highest BCUT2D eigenvalue weighted by Crippen LogP contribution is 2.44. The molecule has 0 amide bonds. The molecule has 14 heteroatoms.